The molecule has 1 saturated heterocycles. The molecule has 0 aromatic rings. The van der Waals surface area contributed by atoms with Crippen molar-refractivity contribution in [3.8, 4) is 0 Å². The highest BCUT2D eigenvalue weighted by atomic mass is 19.1. The van der Waals surface area contributed by atoms with Gasteiger partial charge in [-0.05, 0) is 13.8 Å². The maximum absolute atomic E-state index is 12.9. The van der Waals surface area contributed by atoms with Crippen LogP contribution in [-0.4, -0.2) is 30.0 Å². The van der Waals surface area contributed by atoms with E-state index in [1.54, 1.807) is 13.8 Å². The molecule has 2 atom stereocenters. The van der Waals surface area contributed by atoms with Crippen molar-refractivity contribution in [1.82, 2.24) is 5.32 Å². The number of halogens is 1. The van der Waals surface area contributed by atoms with E-state index in [4.69, 9.17) is 0 Å². The summed E-state index contributed by atoms with van der Waals surface area (Å²) in [6.07, 6.45) is -0.889. The second kappa shape index (κ2) is 2.47. The topological polar surface area (TPSA) is 32.3 Å². The fraction of sp³-hybridized carbons (Fsp3) is 1.00. The molecule has 1 rings (SSSR count). The van der Waals surface area contributed by atoms with Gasteiger partial charge in [0.05, 0.1) is 5.60 Å². The van der Waals surface area contributed by atoms with Gasteiger partial charge in [0, 0.05) is 19.0 Å². The van der Waals surface area contributed by atoms with Crippen LogP contribution in [0.5, 0.6) is 0 Å². The zero-order valence-electron chi connectivity index (χ0n) is 6.39. The highest BCUT2D eigenvalue weighted by Gasteiger charge is 2.37. The fourth-order valence-electron chi connectivity index (χ4n) is 1.34. The van der Waals surface area contributed by atoms with E-state index in [0.717, 1.165) is 0 Å². The highest BCUT2D eigenvalue weighted by molar-refractivity contribution is 4.90. The quantitative estimate of drug-likeness (QED) is 0.559. The molecular formula is C7H14FNO. The van der Waals surface area contributed by atoms with E-state index in [1.165, 1.54) is 0 Å². The highest BCUT2D eigenvalue weighted by Crippen LogP contribution is 2.24. The summed E-state index contributed by atoms with van der Waals surface area (Å²) in [5.74, 6) is -0.243. The normalized spacial score (nSPS) is 34.8. The van der Waals surface area contributed by atoms with Crippen LogP contribution < -0.4 is 5.32 Å². The predicted molar refractivity (Wildman–Crippen MR) is 37.6 cm³/mol. The minimum Gasteiger partial charge on any atom is -0.390 e. The molecule has 0 aromatic heterocycles. The number of hydrogen-bond donors (Lipinski definition) is 2. The van der Waals surface area contributed by atoms with Crippen molar-refractivity contribution in [2.75, 3.05) is 13.1 Å². The average Bonchev–Trinajstić information content (AvgIpc) is 2.11. The van der Waals surface area contributed by atoms with Crippen LogP contribution in [0.1, 0.15) is 13.8 Å². The van der Waals surface area contributed by atoms with E-state index in [9.17, 15) is 9.50 Å². The molecule has 0 aromatic carbocycles. The Morgan fingerprint density at radius 1 is 1.50 bits per heavy atom. The van der Waals surface area contributed by atoms with Crippen LogP contribution in [0.3, 0.4) is 0 Å². The van der Waals surface area contributed by atoms with Crippen molar-refractivity contribution in [1.29, 1.82) is 0 Å². The maximum Gasteiger partial charge on any atom is 0.119 e. The summed E-state index contributed by atoms with van der Waals surface area (Å²) in [6.45, 7) is 4.27. The van der Waals surface area contributed by atoms with Gasteiger partial charge in [-0.15, -0.1) is 0 Å². The van der Waals surface area contributed by atoms with Crippen LogP contribution in [-0.2, 0) is 0 Å². The van der Waals surface area contributed by atoms with Crippen LogP contribution in [0.15, 0.2) is 0 Å². The molecular weight excluding hydrogens is 133 g/mol. The molecule has 0 saturated carbocycles. The summed E-state index contributed by atoms with van der Waals surface area (Å²) in [7, 11) is 0. The molecule has 10 heavy (non-hydrogen) atoms. The Labute approximate surface area is 60.4 Å². The van der Waals surface area contributed by atoms with Crippen molar-refractivity contribution < 1.29 is 9.50 Å². The fourth-order valence-corrected chi connectivity index (χ4v) is 1.34. The molecule has 1 heterocycles. The Kier molecular flexibility index (Phi) is 1.97. The largest absolute Gasteiger partial charge is 0.390 e. The number of hydrogen-bond acceptors (Lipinski definition) is 2. The Morgan fingerprint density at radius 2 is 2.10 bits per heavy atom. The van der Waals surface area contributed by atoms with Crippen molar-refractivity contribution >= 4 is 0 Å². The van der Waals surface area contributed by atoms with Crippen LogP contribution in [0.25, 0.3) is 0 Å². The average molecular weight is 147 g/mol. The lowest BCUT2D eigenvalue weighted by atomic mass is 9.89. The van der Waals surface area contributed by atoms with Gasteiger partial charge >= 0.3 is 0 Å². The number of nitrogens with one attached hydrogen (secondary N) is 1. The van der Waals surface area contributed by atoms with Crippen LogP contribution in [0.4, 0.5) is 4.39 Å². The number of alkyl halides is 1. The molecule has 0 unspecified atom stereocenters. The Bertz CT molecular complexity index is 121. The van der Waals surface area contributed by atoms with Gasteiger partial charge in [-0.3, -0.25) is 0 Å². The molecule has 1 fully saturated rings. The first-order valence-corrected chi connectivity index (χ1v) is 3.59. The third kappa shape index (κ3) is 1.47. The van der Waals surface area contributed by atoms with Crippen molar-refractivity contribution in [2.24, 2.45) is 5.92 Å². The van der Waals surface area contributed by atoms with Crippen molar-refractivity contribution in [3.63, 3.8) is 0 Å². The maximum atomic E-state index is 12.9. The second-order valence-corrected chi connectivity index (χ2v) is 3.43. The van der Waals surface area contributed by atoms with E-state index in [2.05, 4.69) is 5.32 Å². The van der Waals surface area contributed by atoms with Crippen LogP contribution in [0.2, 0.25) is 0 Å². The summed E-state index contributed by atoms with van der Waals surface area (Å²) in [6, 6.07) is 0. The summed E-state index contributed by atoms with van der Waals surface area (Å²) in [5, 5.41) is 12.3. The van der Waals surface area contributed by atoms with Gasteiger partial charge in [0.1, 0.15) is 6.17 Å². The first kappa shape index (κ1) is 7.95. The van der Waals surface area contributed by atoms with Gasteiger partial charge < -0.3 is 10.4 Å². The lowest BCUT2D eigenvalue weighted by Gasteiger charge is -2.25. The molecule has 1 aliphatic heterocycles. The third-order valence-corrected chi connectivity index (χ3v) is 2.05. The SMILES string of the molecule is CC(C)(O)[C@@H]1CNC[C@@H]1F. The summed E-state index contributed by atoms with van der Waals surface area (Å²) < 4.78 is 12.9. The number of rotatable bonds is 1. The zero-order chi connectivity index (χ0) is 7.78. The van der Waals surface area contributed by atoms with E-state index < -0.39 is 11.8 Å². The Balaban J connectivity index is 2.55. The molecule has 2 N–H and O–H groups in total. The van der Waals surface area contributed by atoms with E-state index in [0.29, 0.717) is 13.1 Å². The molecule has 0 spiro atoms. The Morgan fingerprint density at radius 3 is 2.30 bits per heavy atom. The smallest absolute Gasteiger partial charge is 0.119 e. The van der Waals surface area contributed by atoms with Gasteiger partial charge in [0.2, 0.25) is 0 Å². The molecule has 1 aliphatic rings. The van der Waals surface area contributed by atoms with Gasteiger partial charge in [0.15, 0.2) is 0 Å². The summed E-state index contributed by atoms with van der Waals surface area (Å²) in [5.41, 5.74) is -0.886. The van der Waals surface area contributed by atoms with Crippen molar-refractivity contribution in [2.45, 2.75) is 25.6 Å². The van der Waals surface area contributed by atoms with Crippen LogP contribution >= 0.6 is 0 Å². The van der Waals surface area contributed by atoms with E-state index in [-0.39, 0.29) is 5.92 Å². The molecule has 0 amide bonds. The van der Waals surface area contributed by atoms with Gasteiger partial charge in [0.25, 0.3) is 0 Å². The monoisotopic (exact) mass is 147 g/mol. The minimum atomic E-state index is -0.889. The number of aliphatic hydroxyl groups is 1. The lowest BCUT2D eigenvalue weighted by molar-refractivity contribution is -0.000515. The van der Waals surface area contributed by atoms with Gasteiger partial charge in [-0.1, -0.05) is 0 Å². The van der Waals surface area contributed by atoms with E-state index >= 15 is 0 Å². The van der Waals surface area contributed by atoms with Gasteiger partial charge in [-0.2, -0.15) is 0 Å². The molecule has 2 nitrogen and oxygen atoms in total. The molecule has 0 bridgehead atoms. The standard InChI is InChI=1S/C7H14FNO/c1-7(2,10)5-3-9-4-6(5)8/h5-6,9-10H,3-4H2,1-2H3/t5-,6+/m1/s1. The minimum absolute atomic E-state index is 0.243. The third-order valence-electron chi connectivity index (χ3n) is 2.05. The van der Waals surface area contributed by atoms with Crippen LogP contribution in [0, 0.1) is 5.92 Å². The second-order valence-electron chi connectivity index (χ2n) is 3.43. The lowest BCUT2D eigenvalue weighted by Crippen LogP contribution is -2.36. The molecule has 3 heteroatoms. The summed E-state index contributed by atoms with van der Waals surface area (Å²) >= 11 is 0. The first-order valence-electron chi connectivity index (χ1n) is 3.59. The summed E-state index contributed by atoms with van der Waals surface area (Å²) in [4.78, 5) is 0. The van der Waals surface area contributed by atoms with Gasteiger partial charge in [-0.25, -0.2) is 4.39 Å². The Hall–Kier alpha value is -0.150. The molecule has 0 aliphatic carbocycles. The molecule has 0 radical (unpaired) electrons. The molecule has 60 valence electrons. The first-order chi connectivity index (χ1) is 4.52. The zero-order valence-corrected chi connectivity index (χ0v) is 6.39. The van der Waals surface area contributed by atoms with E-state index in [1.807, 2.05) is 0 Å². The van der Waals surface area contributed by atoms with Crippen molar-refractivity contribution in [3.05, 3.63) is 0 Å². The predicted octanol–water partition coefficient (Wildman–Crippen LogP) is 0.315.